The number of anilines is 1. The van der Waals surface area contributed by atoms with E-state index in [9.17, 15) is 9.59 Å². The first-order chi connectivity index (χ1) is 9.56. The smallest absolute Gasteiger partial charge is 0.330 e. The Hall–Kier alpha value is -2.01. The van der Waals surface area contributed by atoms with Gasteiger partial charge in [-0.05, 0) is 24.6 Å². The maximum atomic E-state index is 11.7. The summed E-state index contributed by atoms with van der Waals surface area (Å²) in [5.74, 6) is -0.552. The standard InChI is InChI=1S/C14H16ClNO4/c1-3-4-5-14(18)20-9-13(17)16-11-8-10(15)6-7-12(11)19-2/h4-8H,3,9H2,1-2H3,(H,16,17)/b5-4+. The first-order valence-electron chi connectivity index (χ1n) is 6.03. The molecule has 0 bridgehead atoms. The minimum atomic E-state index is -0.556. The summed E-state index contributed by atoms with van der Waals surface area (Å²) in [7, 11) is 1.48. The van der Waals surface area contributed by atoms with Gasteiger partial charge in [0.25, 0.3) is 5.91 Å². The quantitative estimate of drug-likeness (QED) is 0.648. The summed E-state index contributed by atoms with van der Waals surface area (Å²) in [5, 5.41) is 3.03. The molecule has 0 atom stereocenters. The number of hydrogen-bond acceptors (Lipinski definition) is 4. The summed E-state index contributed by atoms with van der Waals surface area (Å²) in [6.45, 7) is 1.52. The van der Waals surface area contributed by atoms with Gasteiger partial charge < -0.3 is 14.8 Å². The number of methoxy groups -OCH3 is 1. The molecule has 0 aliphatic rings. The molecular formula is C14H16ClNO4. The Labute approximate surface area is 122 Å². The van der Waals surface area contributed by atoms with Crippen LogP contribution in [0.4, 0.5) is 5.69 Å². The molecule has 1 N–H and O–H groups in total. The number of ether oxygens (including phenoxy) is 2. The van der Waals surface area contributed by atoms with E-state index in [0.717, 1.165) is 6.42 Å². The molecule has 0 heterocycles. The van der Waals surface area contributed by atoms with Crippen molar-refractivity contribution in [2.75, 3.05) is 19.0 Å². The molecule has 0 unspecified atom stereocenters. The third-order valence-electron chi connectivity index (χ3n) is 2.27. The van der Waals surface area contributed by atoms with Crippen molar-refractivity contribution in [1.29, 1.82) is 0 Å². The second-order valence-electron chi connectivity index (χ2n) is 3.81. The maximum Gasteiger partial charge on any atom is 0.330 e. The van der Waals surface area contributed by atoms with E-state index in [-0.39, 0.29) is 6.61 Å². The molecule has 20 heavy (non-hydrogen) atoms. The average molecular weight is 298 g/mol. The largest absolute Gasteiger partial charge is 0.495 e. The molecule has 1 amide bonds. The number of nitrogens with one attached hydrogen (secondary N) is 1. The number of hydrogen-bond donors (Lipinski definition) is 1. The van der Waals surface area contributed by atoms with Gasteiger partial charge in [0.15, 0.2) is 6.61 Å². The normalized spacial score (nSPS) is 10.3. The highest BCUT2D eigenvalue weighted by molar-refractivity contribution is 6.31. The van der Waals surface area contributed by atoms with Crippen molar-refractivity contribution in [3.63, 3.8) is 0 Å². The highest BCUT2D eigenvalue weighted by Crippen LogP contribution is 2.27. The van der Waals surface area contributed by atoms with Crippen molar-refractivity contribution < 1.29 is 19.1 Å². The van der Waals surface area contributed by atoms with E-state index >= 15 is 0 Å². The molecule has 1 aromatic carbocycles. The van der Waals surface area contributed by atoms with Crippen LogP contribution in [0.5, 0.6) is 5.75 Å². The Morgan fingerprint density at radius 2 is 2.15 bits per heavy atom. The number of carbonyl (C=O) groups excluding carboxylic acids is 2. The van der Waals surface area contributed by atoms with Crippen molar-refractivity contribution in [1.82, 2.24) is 0 Å². The molecule has 0 aliphatic carbocycles. The van der Waals surface area contributed by atoms with Crippen molar-refractivity contribution in [2.24, 2.45) is 0 Å². The van der Waals surface area contributed by atoms with Gasteiger partial charge >= 0.3 is 5.97 Å². The maximum absolute atomic E-state index is 11.7. The lowest BCUT2D eigenvalue weighted by molar-refractivity contribution is -0.142. The van der Waals surface area contributed by atoms with Crippen molar-refractivity contribution in [3.8, 4) is 5.75 Å². The van der Waals surface area contributed by atoms with Crippen LogP contribution >= 0.6 is 11.6 Å². The van der Waals surface area contributed by atoms with E-state index in [2.05, 4.69) is 5.32 Å². The van der Waals surface area contributed by atoms with Crippen LogP contribution in [-0.4, -0.2) is 25.6 Å². The molecule has 0 aliphatic heterocycles. The van der Waals surface area contributed by atoms with Gasteiger partial charge in [0.05, 0.1) is 12.8 Å². The molecular weight excluding hydrogens is 282 g/mol. The van der Waals surface area contributed by atoms with Crippen LogP contribution in [0.25, 0.3) is 0 Å². The van der Waals surface area contributed by atoms with E-state index < -0.39 is 11.9 Å². The van der Waals surface area contributed by atoms with Gasteiger partial charge in [-0.3, -0.25) is 4.79 Å². The summed E-state index contributed by atoms with van der Waals surface area (Å²) in [4.78, 5) is 22.9. The predicted molar refractivity (Wildman–Crippen MR) is 77.0 cm³/mol. The van der Waals surface area contributed by atoms with Gasteiger partial charge in [0, 0.05) is 11.1 Å². The molecule has 0 fully saturated rings. The summed E-state index contributed by atoms with van der Waals surface area (Å²) >= 11 is 5.84. The Kier molecular flexibility index (Phi) is 6.59. The monoisotopic (exact) mass is 297 g/mol. The number of allylic oxidation sites excluding steroid dienone is 1. The minimum absolute atomic E-state index is 0.372. The summed E-state index contributed by atoms with van der Waals surface area (Å²) in [6.07, 6.45) is 3.66. The molecule has 1 aromatic rings. The molecule has 0 spiro atoms. The molecule has 1 rings (SSSR count). The third kappa shape index (κ3) is 5.32. The van der Waals surface area contributed by atoms with E-state index in [0.29, 0.717) is 16.5 Å². The molecule has 0 saturated carbocycles. The van der Waals surface area contributed by atoms with Gasteiger partial charge in [0.2, 0.25) is 0 Å². The van der Waals surface area contributed by atoms with Gasteiger partial charge in [-0.1, -0.05) is 24.6 Å². The van der Waals surface area contributed by atoms with Crippen molar-refractivity contribution >= 4 is 29.2 Å². The zero-order valence-corrected chi connectivity index (χ0v) is 12.1. The molecule has 6 heteroatoms. The lowest BCUT2D eigenvalue weighted by atomic mass is 10.3. The van der Waals surface area contributed by atoms with E-state index in [1.165, 1.54) is 13.2 Å². The van der Waals surface area contributed by atoms with E-state index in [1.54, 1.807) is 24.3 Å². The van der Waals surface area contributed by atoms with Crippen molar-refractivity contribution in [3.05, 3.63) is 35.4 Å². The van der Waals surface area contributed by atoms with Gasteiger partial charge in [-0.25, -0.2) is 4.79 Å². The second-order valence-corrected chi connectivity index (χ2v) is 4.25. The zero-order valence-electron chi connectivity index (χ0n) is 11.3. The number of carbonyl (C=O) groups is 2. The Morgan fingerprint density at radius 1 is 1.40 bits per heavy atom. The molecule has 0 saturated heterocycles. The van der Waals surface area contributed by atoms with E-state index in [1.807, 2.05) is 6.92 Å². The highest BCUT2D eigenvalue weighted by atomic mass is 35.5. The first-order valence-corrected chi connectivity index (χ1v) is 6.41. The van der Waals surface area contributed by atoms with Gasteiger partial charge in [-0.2, -0.15) is 0 Å². The highest BCUT2D eigenvalue weighted by Gasteiger charge is 2.09. The Morgan fingerprint density at radius 3 is 2.80 bits per heavy atom. The molecule has 0 aromatic heterocycles. The first kappa shape index (κ1) is 16.0. The number of halogens is 1. The number of benzene rings is 1. The Balaban J connectivity index is 2.56. The van der Waals surface area contributed by atoms with E-state index in [4.69, 9.17) is 21.1 Å². The lowest BCUT2D eigenvalue weighted by Crippen LogP contribution is -2.20. The topological polar surface area (TPSA) is 64.6 Å². The van der Waals surface area contributed by atoms with Gasteiger partial charge in [0.1, 0.15) is 5.75 Å². The molecule has 5 nitrogen and oxygen atoms in total. The van der Waals surface area contributed by atoms with Crippen LogP contribution in [-0.2, 0) is 14.3 Å². The van der Waals surface area contributed by atoms with Crippen LogP contribution in [0.2, 0.25) is 5.02 Å². The van der Waals surface area contributed by atoms with Crippen LogP contribution < -0.4 is 10.1 Å². The number of amides is 1. The van der Waals surface area contributed by atoms with Gasteiger partial charge in [-0.15, -0.1) is 0 Å². The summed E-state index contributed by atoms with van der Waals surface area (Å²) in [5.41, 5.74) is 0.421. The fourth-order valence-corrected chi connectivity index (χ4v) is 1.54. The zero-order chi connectivity index (χ0) is 15.0. The van der Waals surface area contributed by atoms with Crippen LogP contribution in [0.3, 0.4) is 0 Å². The SMILES string of the molecule is CC/C=C/C(=O)OCC(=O)Nc1cc(Cl)ccc1OC. The number of rotatable bonds is 6. The van der Waals surface area contributed by atoms with Crippen molar-refractivity contribution in [2.45, 2.75) is 13.3 Å². The second kappa shape index (κ2) is 8.22. The van der Waals surface area contributed by atoms with Crippen LogP contribution in [0, 0.1) is 0 Å². The Bertz CT molecular complexity index is 514. The summed E-state index contributed by atoms with van der Waals surface area (Å²) in [6, 6.07) is 4.83. The predicted octanol–water partition coefficient (Wildman–Crippen LogP) is 2.80. The van der Waals surface area contributed by atoms with Crippen LogP contribution in [0.1, 0.15) is 13.3 Å². The minimum Gasteiger partial charge on any atom is -0.495 e. The molecule has 0 radical (unpaired) electrons. The third-order valence-corrected chi connectivity index (χ3v) is 2.51. The average Bonchev–Trinajstić information content (AvgIpc) is 2.43. The van der Waals surface area contributed by atoms with Crippen LogP contribution in [0.15, 0.2) is 30.4 Å². The molecule has 108 valence electrons. The fourth-order valence-electron chi connectivity index (χ4n) is 1.36. The fraction of sp³-hybridized carbons (Fsp3) is 0.286. The lowest BCUT2D eigenvalue weighted by Gasteiger charge is -2.10. The number of esters is 1. The summed E-state index contributed by atoms with van der Waals surface area (Å²) < 4.78 is 9.86.